The van der Waals surface area contributed by atoms with E-state index in [-0.39, 0.29) is 6.10 Å². The van der Waals surface area contributed by atoms with Gasteiger partial charge in [0.15, 0.2) is 0 Å². The molecule has 0 amide bonds. The van der Waals surface area contributed by atoms with Crippen LogP contribution in [-0.4, -0.2) is 41.9 Å². The minimum absolute atomic E-state index is 0.00211. The Morgan fingerprint density at radius 3 is 2.88 bits per heavy atom. The Morgan fingerprint density at radius 1 is 1.21 bits per heavy atom. The minimum Gasteiger partial charge on any atom is -0.457 e. The van der Waals surface area contributed by atoms with Crippen molar-refractivity contribution < 1.29 is 4.74 Å². The highest BCUT2D eigenvalue weighted by Gasteiger charge is 2.23. The third kappa shape index (κ3) is 3.30. The van der Waals surface area contributed by atoms with Gasteiger partial charge in [0.1, 0.15) is 6.10 Å². The summed E-state index contributed by atoms with van der Waals surface area (Å²) in [6.45, 7) is 3.34. The van der Waals surface area contributed by atoms with Gasteiger partial charge in [-0.15, -0.1) is 0 Å². The van der Waals surface area contributed by atoms with Crippen molar-refractivity contribution in [1.29, 1.82) is 0 Å². The van der Waals surface area contributed by atoms with Crippen LogP contribution in [0.2, 0.25) is 0 Å². The maximum Gasteiger partial charge on any atom is 0.316 e. The van der Waals surface area contributed by atoms with Crippen LogP contribution >= 0.6 is 0 Å². The molecule has 0 aliphatic carbocycles. The number of nitrogens with zero attached hydrogens (tertiary/aromatic N) is 6. The third-order valence-corrected chi connectivity index (χ3v) is 4.15. The molecule has 0 unspecified atom stereocenters. The van der Waals surface area contributed by atoms with Gasteiger partial charge in [-0.25, -0.2) is 9.97 Å². The monoisotopic (exact) mass is 324 g/mol. The highest BCUT2D eigenvalue weighted by Crippen LogP contribution is 2.18. The number of ether oxygens (including phenoxy) is 1. The summed E-state index contributed by atoms with van der Waals surface area (Å²) < 4.78 is 10.1. The number of hydrogen-bond acceptors (Lipinski definition) is 5. The van der Waals surface area contributed by atoms with Crippen molar-refractivity contribution in [2.45, 2.75) is 25.7 Å². The lowest BCUT2D eigenvalue weighted by Crippen LogP contribution is -2.34. The van der Waals surface area contributed by atoms with Crippen LogP contribution < -0.4 is 4.74 Å². The zero-order valence-corrected chi connectivity index (χ0v) is 13.6. The summed E-state index contributed by atoms with van der Waals surface area (Å²) in [5.41, 5.74) is 2.49. The molecule has 0 saturated heterocycles. The second kappa shape index (κ2) is 6.45. The standard InChI is InChI=1S/C17H20N6O/c1-21-9-14(8-20-21)10-22-11-15-4-2-7-23(15)13-16(12-22)24-17-18-5-3-6-19-17/h2-9,16H,10-13H2,1H3/t16-/m0/s1. The van der Waals surface area contributed by atoms with Crippen LogP contribution in [-0.2, 0) is 26.7 Å². The molecule has 124 valence electrons. The van der Waals surface area contributed by atoms with Gasteiger partial charge in [0, 0.05) is 62.7 Å². The quantitative estimate of drug-likeness (QED) is 0.727. The number of aromatic nitrogens is 5. The van der Waals surface area contributed by atoms with Gasteiger partial charge in [0.05, 0.1) is 12.7 Å². The van der Waals surface area contributed by atoms with Crippen LogP contribution in [0.3, 0.4) is 0 Å². The van der Waals surface area contributed by atoms with E-state index in [0.29, 0.717) is 6.01 Å². The van der Waals surface area contributed by atoms with E-state index in [0.717, 1.165) is 26.2 Å². The molecular weight excluding hydrogens is 304 g/mol. The van der Waals surface area contributed by atoms with Gasteiger partial charge >= 0.3 is 6.01 Å². The molecule has 0 spiro atoms. The summed E-state index contributed by atoms with van der Waals surface area (Å²) in [4.78, 5) is 10.7. The SMILES string of the molecule is Cn1cc(CN2Cc3cccn3C[C@@H](Oc3ncccn3)C2)cn1. The van der Waals surface area contributed by atoms with E-state index in [2.05, 4.69) is 49.1 Å². The van der Waals surface area contributed by atoms with E-state index < -0.39 is 0 Å². The Labute approximate surface area is 140 Å². The summed E-state index contributed by atoms with van der Waals surface area (Å²) in [6, 6.07) is 6.47. The average Bonchev–Trinajstić information content (AvgIpc) is 3.14. The molecule has 0 saturated carbocycles. The van der Waals surface area contributed by atoms with Crippen LogP contribution in [0, 0.1) is 0 Å². The van der Waals surface area contributed by atoms with Crippen LogP contribution in [0.5, 0.6) is 6.01 Å². The molecular formula is C17H20N6O. The molecule has 3 aromatic rings. The first-order valence-electron chi connectivity index (χ1n) is 8.04. The molecule has 0 N–H and O–H groups in total. The fourth-order valence-corrected chi connectivity index (χ4v) is 3.13. The summed E-state index contributed by atoms with van der Waals surface area (Å²) in [5.74, 6) is 0. The summed E-state index contributed by atoms with van der Waals surface area (Å²) in [7, 11) is 1.94. The van der Waals surface area contributed by atoms with Gasteiger partial charge in [0.25, 0.3) is 0 Å². The molecule has 0 fully saturated rings. The molecule has 24 heavy (non-hydrogen) atoms. The summed E-state index contributed by atoms with van der Waals surface area (Å²) in [5, 5.41) is 4.26. The molecule has 1 aliphatic rings. The van der Waals surface area contributed by atoms with Gasteiger partial charge in [-0.2, -0.15) is 5.10 Å². The molecule has 7 heteroatoms. The van der Waals surface area contributed by atoms with Crippen molar-refractivity contribution in [2.75, 3.05) is 6.54 Å². The third-order valence-electron chi connectivity index (χ3n) is 4.15. The summed E-state index contributed by atoms with van der Waals surface area (Å²) >= 11 is 0. The normalized spacial score (nSPS) is 18.1. The molecule has 0 radical (unpaired) electrons. The van der Waals surface area contributed by atoms with Crippen molar-refractivity contribution in [3.63, 3.8) is 0 Å². The van der Waals surface area contributed by atoms with E-state index in [1.54, 1.807) is 18.5 Å². The van der Waals surface area contributed by atoms with Crippen LogP contribution in [0.25, 0.3) is 0 Å². The number of hydrogen-bond donors (Lipinski definition) is 0. The highest BCUT2D eigenvalue weighted by atomic mass is 16.5. The summed E-state index contributed by atoms with van der Waals surface area (Å²) in [6.07, 6.45) is 9.48. The van der Waals surface area contributed by atoms with E-state index in [4.69, 9.17) is 4.74 Å². The fourth-order valence-electron chi connectivity index (χ4n) is 3.13. The second-order valence-corrected chi connectivity index (χ2v) is 6.11. The number of fused-ring (bicyclic) bond motifs is 1. The van der Waals surface area contributed by atoms with Crippen molar-refractivity contribution in [2.24, 2.45) is 7.05 Å². The molecule has 7 nitrogen and oxygen atoms in total. The van der Waals surface area contributed by atoms with E-state index in [1.807, 2.05) is 17.9 Å². The minimum atomic E-state index is -0.00211. The van der Waals surface area contributed by atoms with E-state index >= 15 is 0 Å². The molecule has 0 aromatic carbocycles. The molecule has 0 bridgehead atoms. The molecule has 1 atom stereocenters. The molecule has 3 aromatic heterocycles. The highest BCUT2D eigenvalue weighted by molar-refractivity contribution is 5.11. The van der Waals surface area contributed by atoms with Crippen molar-refractivity contribution >= 4 is 0 Å². The predicted octanol–water partition coefficient (Wildman–Crippen LogP) is 1.48. The van der Waals surface area contributed by atoms with Crippen LogP contribution in [0.15, 0.2) is 49.2 Å². The Hall–Kier alpha value is -2.67. The van der Waals surface area contributed by atoms with Gasteiger partial charge < -0.3 is 9.30 Å². The lowest BCUT2D eigenvalue weighted by Gasteiger charge is -2.23. The van der Waals surface area contributed by atoms with Crippen molar-refractivity contribution in [1.82, 2.24) is 29.2 Å². The predicted molar refractivity (Wildman–Crippen MR) is 88.2 cm³/mol. The molecule has 4 heterocycles. The Kier molecular flexibility index (Phi) is 4.00. The van der Waals surface area contributed by atoms with Crippen LogP contribution in [0.1, 0.15) is 11.3 Å². The van der Waals surface area contributed by atoms with Crippen LogP contribution in [0.4, 0.5) is 0 Å². The zero-order chi connectivity index (χ0) is 16.4. The van der Waals surface area contributed by atoms with Crippen molar-refractivity contribution in [3.8, 4) is 6.01 Å². The van der Waals surface area contributed by atoms with Gasteiger partial charge in [0.2, 0.25) is 0 Å². The first-order valence-corrected chi connectivity index (χ1v) is 8.04. The molecule has 1 aliphatic heterocycles. The Morgan fingerprint density at radius 2 is 2.08 bits per heavy atom. The maximum atomic E-state index is 6.03. The number of aryl methyl sites for hydroxylation is 1. The maximum absolute atomic E-state index is 6.03. The fraction of sp³-hybridized carbons (Fsp3) is 0.353. The topological polar surface area (TPSA) is 61.0 Å². The molecule has 4 rings (SSSR count). The Balaban J connectivity index is 1.54. The van der Waals surface area contributed by atoms with Gasteiger partial charge in [-0.3, -0.25) is 9.58 Å². The number of rotatable bonds is 4. The first kappa shape index (κ1) is 14.9. The second-order valence-electron chi connectivity index (χ2n) is 6.11. The lowest BCUT2D eigenvalue weighted by molar-refractivity contribution is 0.114. The van der Waals surface area contributed by atoms with E-state index in [9.17, 15) is 0 Å². The largest absolute Gasteiger partial charge is 0.457 e. The Bertz CT molecular complexity index is 796. The van der Waals surface area contributed by atoms with Crippen molar-refractivity contribution in [3.05, 3.63) is 60.4 Å². The first-order chi connectivity index (χ1) is 11.8. The van der Waals surface area contributed by atoms with E-state index in [1.165, 1.54) is 11.3 Å². The smallest absolute Gasteiger partial charge is 0.316 e. The average molecular weight is 324 g/mol. The zero-order valence-electron chi connectivity index (χ0n) is 13.6. The lowest BCUT2D eigenvalue weighted by atomic mass is 10.2. The van der Waals surface area contributed by atoms with Gasteiger partial charge in [-0.1, -0.05) is 0 Å². The van der Waals surface area contributed by atoms with Gasteiger partial charge in [-0.05, 0) is 18.2 Å².